The summed E-state index contributed by atoms with van der Waals surface area (Å²) in [6.45, 7) is 9.39. The molecule has 0 aliphatic carbocycles. The van der Waals surface area contributed by atoms with E-state index in [4.69, 9.17) is 10.5 Å². The number of nitrogens with zero attached hydrogens (tertiary/aromatic N) is 1. The van der Waals surface area contributed by atoms with Crippen molar-refractivity contribution < 1.29 is 4.74 Å². The maximum absolute atomic E-state index is 6.07. The zero-order chi connectivity index (χ0) is 14.5. The first-order valence-electron chi connectivity index (χ1n) is 7.81. The summed E-state index contributed by atoms with van der Waals surface area (Å²) in [5.74, 6) is 1.82. The van der Waals surface area contributed by atoms with Gasteiger partial charge >= 0.3 is 0 Å². The van der Waals surface area contributed by atoms with Crippen LogP contribution in [0.15, 0.2) is 24.3 Å². The Balaban J connectivity index is 2.18. The van der Waals surface area contributed by atoms with E-state index in [1.807, 2.05) is 6.07 Å². The monoisotopic (exact) mass is 276 g/mol. The zero-order valence-electron chi connectivity index (χ0n) is 13.0. The number of piperidine rings is 1. The first-order valence-corrected chi connectivity index (χ1v) is 7.81. The number of hydrogen-bond acceptors (Lipinski definition) is 3. The van der Waals surface area contributed by atoms with Gasteiger partial charge in [0.05, 0.1) is 12.1 Å². The molecule has 1 atom stereocenters. The van der Waals surface area contributed by atoms with Gasteiger partial charge in [-0.3, -0.25) is 4.90 Å². The molecule has 0 bridgehead atoms. The second-order valence-corrected chi connectivity index (χ2v) is 6.17. The van der Waals surface area contributed by atoms with E-state index in [0.29, 0.717) is 6.54 Å². The van der Waals surface area contributed by atoms with E-state index in [9.17, 15) is 0 Å². The molecule has 1 aliphatic rings. The number of hydrogen-bond donors (Lipinski definition) is 1. The highest BCUT2D eigenvalue weighted by molar-refractivity contribution is 5.36. The van der Waals surface area contributed by atoms with E-state index >= 15 is 0 Å². The molecule has 2 rings (SSSR count). The Hall–Kier alpha value is -1.06. The molecule has 0 spiro atoms. The average molecular weight is 276 g/mol. The van der Waals surface area contributed by atoms with Crippen LogP contribution in [0.25, 0.3) is 0 Å². The maximum atomic E-state index is 6.07. The first-order chi connectivity index (χ1) is 9.61. The highest BCUT2D eigenvalue weighted by Crippen LogP contribution is 2.32. The van der Waals surface area contributed by atoms with Crippen LogP contribution in [0.1, 0.15) is 45.2 Å². The average Bonchev–Trinajstić information content (AvgIpc) is 2.43. The number of benzene rings is 1. The van der Waals surface area contributed by atoms with Gasteiger partial charge in [-0.25, -0.2) is 0 Å². The largest absolute Gasteiger partial charge is 0.491 e. The normalized spacial score (nSPS) is 19.2. The molecule has 112 valence electrons. The summed E-state index contributed by atoms with van der Waals surface area (Å²) >= 11 is 0. The van der Waals surface area contributed by atoms with Gasteiger partial charge < -0.3 is 10.5 Å². The molecular formula is C17H28N2O. The Bertz CT molecular complexity index is 411. The van der Waals surface area contributed by atoms with Gasteiger partial charge in [-0.15, -0.1) is 0 Å². The summed E-state index contributed by atoms with van der Waals surface area (Å²) in [6.07, 6.45) is 2.73. The maximum Gasteiger partial charge on any atom is 0.124 e. The predicted molar refractivity (Wildman–Crippen MR) is 84.0 cm³/mol. The van der Waals surface area contributed by atoms with Crippen molar-refractivity contribution in [2.75, 3.05) is 19.6 Å². The third-order valence-corrected chi connectivity index (χ3v) is 4.12. The van der Waals surface area contributed by atoms with Crippen molar-refractivity contribution in [1.29, 1.82) is 0 Å². The molecule has 2 N–H and O–H groups in total. The van der Waals surface area contributed by atoms with Crippen molar-refractivity contribution in [1.82, 2.24) is 4.90 Å². The molecule has 1 aliphatic heterocycles. The molecule has 3 nitrogen and oxygen atoms in total. The highest BCUT2D eigenvalue weighted by atomic mass is 16.5. The van der Waals surface area contributed by atoms with Crippen LogP contribution >= 0.6 is 0 Å². The lowest BCUT2D eigenvalue weighted by Crippen LogP contribution is -2.39. The summed E-state index contributed by atoms with van der Waals surface area (Å²) in [7, 11) is 0. The molecule has 1 fully saturated rings. The van der Waals surface area contributed by atoms with E-state index < -0.39 is 0 Å². The van der Waals surface area contributed by atoms with Gasteiger partial charge in [-0.1, -0.05) is 25.1 Å². The Kier molecular flexibility index (Phi) is 5.44. The molecule has 1 saturated heterocycles. The molecule has 1 aromatic carbocycles. The van der Waals surface area contributed by atoms with Crippen LogP contribution in [0.4, 0.5) is 0 Å². The van der Waals surface area contributed by atoms with E-state index in [0.717, 1.165) is 24.8 Å². The number of rotatable bonds is 5. The van der Waals surface area contributed by atoms with Gasteiger partial charge in [0.2, 0.25) is 0 Å². The van der Waals surface area contributed by atoms with Crippen molar-refractivity contribution in [2.45, 2.75) is 45.8 Å². The number of likely N-dealkylation sites (tertiary alicyclic amines) is 1. The second-order valence-electron chi connectivity index (χ2n) is 6.17. The van der Waals surface area contributed by atoms with Crippen LogP contribution in [0, 0.1) is 5.92 Å². The summed E-state index contributed by atoms with van der Waals surface area (Å²) in [5.41, 5.74) is 7.31. The van der Waals surface area contributed by atoms with Gasteiger partial charge in [0.1, 0.15) is 5.75 Å². The van der Waals surface area contributed by atoms with E-state index in [-0.39, 0.29) is 12.1 Å². The number of ether oxygens (including phenoxy) is 1. The molecule has 0 aromatic heterocycles. The number of nitrogens with two attached hydrogens (primary N) is 1. The van der Waals surface area contributed by atoms with Gasteiger partial charge in [0, 0.05) is 12.1 Å². The van der Waals surface area contributed by atoms with Crippen LogP contribution < -0.4 is 10.5 Å². The second kappa shape index (κ2) is 7.09. The molecule has 0 amide bonds. The number of para-hydroxylation sites is 1. The van der Waals surface area contributed by atoms with Crippen LogP contribution in [0.2, 0.25) is 0 Å². The fourth-order valence-electron chi connectivity index (χ4n) is 2.93. The van der Waals surface area contributed by atoms with Crippen molar-refractivity contribution >= 4 is 0 Å². The summed E-state index contributed by atoms with van der Waals surface area (Å²) < 4.78 is 5.96. The van der Waals surface area contributed by atoms with Gasteiger partial charge in [0.25, 0.3) is 0 Å². The van der Waals surface area contributed by atoms with Gasteiger partial charge in [-0.2, -0.15) is 0 Å². The van der Waals surface area contributed by atoms with Crippen molar-refractivity contribution in [3.05, 3.63) is 29.8 Å². The molecule has 1 unspecified atom stereocenters. The van der Waals surface area contributed by atoms with Gasteiger partial charge in [0.15, 0.2) is 0 Å². The molecule has 20 heavy (non-hydrogen) atoms. The van der Waals surface area contributed by atoms with E-state index in [2.05, 4.69) is 43.9 Å². The minimum atomic E-state index is 0.191. The van der Waals surface area contributed by atoms with Crippen LogP contribution in [0.5, 0.6) is 5.75 Å². The van der Waals surface area contributed by atoms with Crippen molar-refractivity contribution in [3.63, 3.8) is 0 Å². The highest BCUT2D eigenvalue weighted by Gasteiger charge is 2.25. The zero-order valence-corrected chi connectivity index (χ0v) is 13.0. The lowest BCUT2D eigenvalue weighted by Gasteiger charge is -2.37. The van der Waals surface area contributed by atoms with Crippen molar-refractivity contribution in [3.8, 4) is 5.75 Å². The Morgan fingerprint density at radius 1 is 1.25 bits per heavy atom. The van der Waals surface area contributed by atoms with E-state index in [1.54, 1.807) is 0 Å². The standard InChI is InChI=1S/C17H28N2O/c1-13(2)20-17-7-5-4-6-15(17)16(12-18)19-10-8-14(3)9-11-19/h4-7,13-14,16H,8-12,18H2,1-3H3. The Labute approximate surface area is 123 Å². The van der Waals surface area contributed by atoms with E-state index in [1.165, 1.54) is 18.4 Å². The quantitative estimate of drug-likeness (QED) is 0.897. The lowest BCUT2D eigenvalue weighted by atomic mass is 9.95. The van der Waals surface area contributed by atoms with Gasteiger partial charge in [-0.05, 0) is 51.8 Å². The van der Waals surface area contributed by atoms with Crippen molar-refractivity contribution in [2.24, 2.45) is 11.7 Å². The summed E-state index contributed by atoms with van der Waals surface area (Å²) in [6, 6.07) is 8.61. The topological polar surface area (TPSA) is 38.5 Å². The summed E-state index contributed by atoms with van der Waals surface area (Å²) in [5, 5.41) is 0. The van der Waals surface area contributed by atoms with Crippen LogP contribution in [0.3, 0.4) is 0 Å². The third kappa shape index (κ3) is 3.74. The van der Waals surface area contributed by atoms with Crippen LogP contribution in [-0.2, 0) is 0 Å². The molecule has 0 saturated carbocycles. The fraction of sp³-hybridized carbons (Fsp3) is 0.647. The summed E-state index contributed by atoms with van der Waals surface area (Å²) in [4.78, 5) is 2.52. The molecular weight excluding hydrogens is 248 g/mol. The minimum absolute atomic E-state index is 0.191. The minimum Gasteiger partial charge on any atom is -0.491 e. The predicted octanol–water partition coefficient (Wildman–Crippen LogP) is 3.21. The SMILES string of the molecule is CC1CCN(C(CN)c2ccccc2OC(C)C)CC1. The van der Waals surface area contributed by atoms with Crippen LogP contribution in [-0.4, -0.2) is 30.6 Å². The Morgan fingerprint density at radius 2 is 1.90 bits per heavy atom. The smallest absolute Gasteiger partial charge is 0.124 e. The molecule has 1 heterocycles. The first kappa shape index (κ1) is 15.3. The Morgan fingerprint density at radius 3 is 2.50 bits per heavy atom. The lowest BCUT2D eigenvalue weighted by molar-refractivity contribution is 0.136. The molecule has 3 heteroatoms. The molecule has 0 radical (unpaired) electrons. The third-order valence-electron chi connectivity index (χ3n) is 4.12. The fourth-order valence-corrected chi connectivity index (χ4v) is 2.93. The molecule has 1 aromatic rings.